The van der Waals surface area contributed by atoms with Gasteiger partial charge in [-0.1, -0.05) is 61.2 Å². The lowest BCUT2D eigenvalue weighted by atomic mass is 9.95. The van der Waals surface area contributed by atoms with E-state index in [4.69, 9.17) is 0 Å². The van der Waals surface area contributed by atoms with Gasteiger partial charge in [0, 0.05) is 11.6 Å². The van der Waals surface area contributed by atoms with Crippen molar-refractivity contribution < 1.29 is 4.79 Å². The summed E-state index contributed by atoms with van der Waals surface area (Å²) < 4.78 is 1.81. The van der Waals surface area contributed by atoms with Crippen molar-refractivity contribution in [3.05, 3.63) is 65.0 Å². The topological polar surface area (TPSA) is 59.8 Å². The summed E-state index contributed by atoms with van der Waals surface area (Å²) in [6, 6.07) is 14.5. The van der Waals surface area contributed by atoms with E-state index in [1.165, 1.54) is 30.4 Å². The van der Waals surface area contributed by atoms with Gasteiger partial charge in [-0.15, -0.1) is 5.10 Å². The molecule has 0 aliphatic heterocycles. The third-order valence-corrected chi connectivity index (χ3v) is 5.86. The number of hydrogen-bond acceptors (Lipinski definition) is 3. The minimum atomic E-state index is -0.186. The van der Waals surface area contributed by atoms with Gasteiger partial charge >= 0.3 is 0 Å². The summed E-state index contributed by atoms with van der Waals surface area (Å²) in [5.74, 6) is 0.730. The Kier molecular flexibility index (Phi) is 5.47. The van der Waals surface area contributed by atoms with Crippen molar-refractivity contribution in [2.45, 2.75) is 58.9 Å². The maximum absolute atomic E-state index is 12.9. The third-order valence-electron chi connectivity index (χ3n) is 5.86. The molecule has 0 saturated heterocycles. The van der Waals surface area contributed by atoms with E-state index in [2.05, 4.69) is 54.4 Å². The number of carbonyl (C=O) groups excluding carboxylic acids is 1. The largest absolute Gasteiger partial charge is 0.347 e. The number of nitrogens with zero attached hydrogens (tertiary/aromatic N) is 3. The predicted octanol–water partition coefficient (Wildman–Crippen LogP) is 4.92. The monoisotopic (exact) mass is 388 g/mol. The van der Waals surface area contributed by atoms with Crippen LogP contribution in [0.4, 0.5) is 0 Å². The second-order valence-corrected chi connectivity index (χ2v) is 8.06. The molecule has 0 bridgehead atoms. The first-order valence-corrected chi connectivity index (χ1v) is 10.4. The van der Waals surface area contributed by atoms with Gasteiger partial charge in [-0.2, -0.15) is 0 Å². The Morgan fingerprint density at radius 3 is 2.45 bits per heavy atom. The lowest BCUT2D eigenvalue weighted by Gasteiger charge is -2.21. The van der Waals surface area contributed by atoms with Crippen LogP contribution in [-0.2, 0) is 0 Å². The van der Waals surface area contributed by atoms with Crippen LogP contribution < -0.4 is 5.32 Å². The van der Waals surface area contributed by atoms with Crippen molar-refractivity contribution >= 4 is 5.91 Å². The van der Waals surface area contributed by atoms with Gasteiger partial charge in [-0.05, 0) is 50.8 Å². The number of nitrogens with one attached hydrogen (secondary N) is 1. The van der Waals surface area contributed by atoms with Gasteiger partial charge in [0.2, 0.25) is 5.82 Å². The average molecular weight is 389 g/mol. The number of benzene rings is 2. The molecule has 3 aromatic rings. The first-order chi connectivity index (χ1) is 14.0. The van der Waals surface area contributed by atoms with E-state index in [-0.39, 0.29) is 17.8 Å². The average Bonchev–Trinajstić information content (AvgIpc) is 3.17. The lowest BCUT2D eigenvalue weighted by Crippen LogP contribution is -2.36. The molecule has 5 heteroatoms. The molecule has 1 heterocycles. The van der Waals surface area contributed by atoms with Crippen molar-refractivity contribution in [3.8, 4) is 17.1 Å². The van der Waals surface area contributed by atoms with Gasteiger partial charge in [0.25, 0.3) is 5.91 Å². The molecule has 0 radical (unpaired) electrons. The Morgan fingerprint density at radius 1 is 1.00 bits per heavy atom. The van der Waals surface area contributed by atoms with E-state index in [1.54, 1.807) is 0 Å². The number of aryl methyl sites for hydroxylation is 2. The number of rotatable bonds is 4. The lowest BCUT2D eigenvalue weighted by molar-refractivity contribution is 0.0917. The molecule has 5 nitrogen and oxygen atoms in total. The first-order valence-electron chi connectivity index (χ1n) is 10.4. The van der Waals surface area contributed by atoms with Crippen LogP contribution in [-0.4, -0.2) is 26.7 Å². The molecular formula is C24H28N4O. The van der Waals surface area contributed by atoms with Crippen molar-refractivity contribution in [2.24, 2.45) is 0 Å². The fraction of sp³-hybridized carbons (Fsp3) is 0.375. The molecule has 1 amide bonds. The zero-order valence-electron chi connectivity index (χ0n) is 17.4. The summed E-state index contributed by atoms with van der Waals surface area (Å²) in [6.45, 7) is 6.22. The zero-order chi connectivity index (χ0) is 20.4. The summed E-state index contributed by atoms with van der Waals surface area (Å²) in [5.41, 5.74) is 5.39. The van der Waals surface area contributed by atoms with Crippen molar-refractivity contribution in [2.75, 3.05) is 0 Å². The Morgan fingerprint density at radius 2 is 1.72 bits per heavy atom. The molecule has 0 spiro atoms. The highest BCUT2D eigenvalue weighted by atomic mass is 16.2. The number of aromatic nitrogens is 3. The van der Waals surface area contributed by atoms with Gasteiger partial charge in [0.05, 0.1) is 5.69 Å². The highest BCUT2D eigenvalue weighted by Crippen LogP contribution is 2.25. The smallest absolute Gasteiger partial charge is 0.291 e. The van der Waals surface area contributed by atoms with Crippen LogP contribution in [0.5, 0.6) is 0 Å². The summed E-state index contributed by atoms with van der Waals surface area (Å²) in [6.07, 6.45) is 5.67. The van der Waals surface area contributed by atoms with Crippen LogP contribution in [0.25, 0.3) is 17.1 Å². The van der Waals surface area contributed by atoms with E-state index in [9.17, 15) is 4.79 Å². The predicted molar refractivity (Wildman–Crippen MR) is 115 cm³/mol. The number of carbonyl (C=O) groups is 1. The molecule has 150 valence electrons. The number of amides is 1. The second kappa shape index (κ2) is 8.19. The standard InChI is InChI=1S/C24H28N4O/c1-16-12-14-19(15-13-16)23-26-22(24(29)25-20-9-5-4-6-10-20)27-28(23)21-11-7-8-17(2)18(21)3/h7-8,11-15,20H,4-6,9-10H2,1-3H3,(H,25,29). The van der Waals surface area contributed by atoms with E-state index in [0.717, 1.165) is 29.7 Å². The molecule has 1 N–H and O–H groups in total. The Labute approximate surface area is 172 Å². The van der Waals surface area contributed by atoms with Gasteiger partial charge in [-0.3, -0.25) is 4.79 Å². The maximum atomic E-state index is 12.9. The molecule has 29 heavy (non-hydrogen) atoms. The normalized spacial score (nSPS) is 14.7. The van der Waals surface area contributed by atoms with Gasteiger partial charge in [0.1, 0.15) is 0 Å². The second-order valence-electron chi connectivity index (χ2n) is 8.06. The maximum Gasteiger partial charge on any atom is 0.291 e. The zero-order valence-corrected chi connectivity index (χ0v) is 17.4. The molecule has 1 aliphatic rings. The minimum Gasteiger partial charge on any atom is -0.347 e. The van der Waals surface area contributed by atoms with Crippen LogP contribution in [0.2, 0.25) is 0 Å². The molecule has 1 aromatic heterocycles. The minimum absolute atomic E-state index is 0.186. The molecular weight excluding hydrogens is 360 g/mol. The van der Waals surface area contributed by atoms with Crippen molar-refractivity contribution in [3.63, 3.8) is 0 Å². The van der Waals surface area contributed by atoms with Crippen molar-refractivity contribution in [1.29, 1.82) is 0 Å². The summed E-state index contributed by atoms with van der Waals surface area (Å²) in [7, 11) is 0. The quantitative estimate of drug-likeness (QED) is 0.690. The summed E-state index contributed by atoms with van der Waals surface area (Å²) >= 11 is 0. The summed E-state index contributed by atoms with van der Waals surface area (Å²) in [4.78, 5) is 17.6. The van der Waals surface area contributed by atoms with E-state index < -0.39 is 0 Å². The van der Waals surface area contributed by atoms with Crippen molar-refractivity contribution in [1.82, 2.24) is 20.1 Å². The Balaban J connectivity index is 1.75. The van der Waals surface area contributed by atoms with Crippen LogP contribution in [0.1, 0.15) is 59.4 Å². The van der Waals surface area contributed by atoms with Crippen LogP contribution in [0.3, 0.4) is 0 Å². The highest BCUT2D eigenvalue weighted by molar-refractivity contribution is 5.91. The molecule has 0 atom stereocenters. The number of hydrogen-bond donors (Lipinski definition) is 1. The van der Waals surface area contributed by atoms with Crippen LogP contribution in [0.15, 0.2) is 42.5 Å². The van der Waals surface area contributed by atoms with Gasteiger partial charge in [-0.25, -0.2) is 9.67 Å². The van der Waals surface area contributed by atoms with Crippen LogP contribution >= 0.6 is 0 Å². The van der Waals surface area contributed by atoms with E-state index in [0.29, 0.717) is 5.82 Å². The highest BCUT2D eigenvalue weighted by Gasteiger charge is 2.23. The SMILES string of the molecule is Cc1ccc(-c2nc(C(=O)NC3CCCCC3)nn2-c2cccc(C)c2C)cc1. The molecule has 1 saturated carbocycles. The summed E-state index contributed by atoms with van der Waals surface area (Å²) in [5, 5.41) is 7.78. The molecule has 4 rings (SSSR count). The van der Waals surface area contributed by atoms with Gasteiger partial charge < -0.3 is 5.32 Å². The molecule has 2 aromatic carbocycles. The fourth-order valence-electron chi connectivity index (χ4n) is 3.93. The van der Waals surface area contributed by atoms with E-state index >= 15 is 0 Å². The molecule has 1 fully saturated rings. The Hall–Kier alpha value is -2.95. The third kappa shape index (κ3) is 4.09. The molecule has 0 unspecified atom stereocenters. The molecule has 1 aliphatic carbocycles. The van der Waals surface area contributed by atoms with E-state index in [1.807, 2.05) is 28.9 Å². The van der Waals surface area contributed by atoms with Crippen LogP contribution in [0, 0.1) is 20.8 Å². The fourth-order valence-corrected chi connectivity index (χ4v) is 3.93. The Bertz CT molecular complexity index is 1010. The first kappa shape index (κ1) is 19.4. The van der Waals surface area contributed by atoms with Gasteiger partial charge in [0.15, 0.2) is 5.82 Å².